The van der Waals surface area contributed by atoms with Crippen LogP contribution in [-0.2, 0) is 11.2 Å². The van der Waals surface area contributed by atoms with Crippen molar-refractivity contribution in [3.05, 3.63) is 29.8 Å². The Morgan fingerprint density at radius 1 is 1.33 bits per heavy atom. The van der Waals surface area contributed by atoms with Gasteiger partial charge in [0, 0.05) is 18.2 Å². The number of rotatable bonds is 7. The number of methoxy groups -OCH3 is 1. The van der Waals surface area contributed by atoms with Crippen LogP contribution in [0.5, 0.6) is 5.75 Å². The Morgan fingerprint density at radius 3 is 2.71 bits per heavy atom. The van der Waals surface area contributed by atoms with Crippen LogP contribution in [0.3, 0.4) is 0 Å². The zero-order chi connectivity index (χ0) is 15.1. The van der Waals surface area contributed by atoms with Crippen molar-refractivity contribution in [2.24, 2.45) is 5.73 Å². The average molecular weight is 290 g/mol. The van der Waals surface area contributed by atoms with Gasteiger partial charge in [-0.3, -0.25) is 4.79 Å². The van der Waals surface area contributed by atoms with E-state index in [1.807, 2.05) is 29.2 Å². The smallest absolute Gasteiger partial charge is 0.227 e. The van der Waals surface area contributed by atoms with E-state index in [0.29, 0.717) is 19.0 Å². The Balaban J connectivity index is 2.06. The summed E-state index contributed by atoms with van der Waals surface area (Å²) in [5.41, 5.74) is 6.57. The minimum Gasteiger partial charge on any atom is -0.496 e. The van der Waals surface area contributed by atoms with Crippen molar-refractivity contribution in [1.82, 2.24) is 4.90 Å². The molecule has 2 rings (SSSR count). The second kappa shape index (κ2) is 8.03. The SMILES string of the molecule is COc1ccccc1CC(=O)N(CCCN)C1CCCC1. The number of para-hydroxylation sites is 1. The molecule has 1 aromatic rings. The maximum absolute atomic E-state index is 12.7. The lowest BCUT2D eigenvalue weighted by Crippen LogP contribution is -2.41. The van der Waals surface area contributed by atoms with E-state index in [2.05, 4.69) is 0 Å². The van der Waals surface area contributed by atoms with Gasteiger partial charge in [-0.1, -0.05) is 31.0 Å². The second-order valence-corrected chi connectivity index (χ2v) is 5.66. The molecule has 0 saturated heterocycles. The molecule has 1 amide bonds. The van der Waals surface area contributed by atoms with Crippen LogP contribution in [0.15, 0.2) is 24.3 Å². The quantitative estimate of drug-likeness (QED) is 0.838. The van der Waals surface area contributed by atoms with Crippen molar-refractivity contribution in [2.45, 2.75) is 44.6 Å². The summed E-state index contributed by atoms with van der Waals surface area (Å²) >= 11 is 0. The molecule has 1 aliphatic rings. The summed E-state index contributed by atoms with van der Waals surface area (Å²) in [5, 5.41) is 0. The fraction of sp³-hybridized carbons (Fsp3) is 0.588. The van der Waals surface area contributed by atoms with Crippen LogP contribution in [0.4, 0.5) is 0 Å². The van der Waals surface area contributed by atoms with Crippen molar-refractivity contribution < 1.29 is 9.53 Å². The normalized spacial score (nSPS) is 15.1. The van der Waals surface area contributed by atoms with E-state index in [-0.39, 0.29) is 5.91 Å². The fourth-order valence-electron chi connectivity index (χ4n) is 3.10. The van der Waals surface area contributed by atoms with E-state index < -0.39 is 0 Å². The summed E-state index contributed by atoms with van der Waals surface area (Å²) in [7, 11) is 1.65. The molecule has 0 aliphatic heterocycles. The van der Waals surface area contributed by atoms with Crippen molar-refractivity contribution in [1.29, 1.82) is 0 Å². The predicted octanol–water partition coefficient (Wildman–Crippen LogP) is 2.36. The molecular formula is C17H26N2O2. The summed E-state index contributed by atoms with van der Waals surface area (Å²) in [4.78, 5) is 14.8. The lowest BCUT2D eigenvalue weighted by molar-refractivity contribution is -0.132. The third-order valence-electron chi connectivity index (χ3n) is 4.22. The van der Waals surface area contributed by atoms with Gasteiger partial charge in [0.2, 0.25) is 5.91 Å². The van der Waals surface area contributed by atoms with Gasteiger partial charge in [0.25, 0.3) is 0 Å². The third kappa shape index (κ3) is 4.21. The number of carbonyl (C=O) groups excluding carboxylic acids is 1. The molecule has 116 valence electrons. The van der Waals surface area contributed by atoms with E-state index in [0.717, 1.165) is 37.1 Å². The van der Waals surface area contributed by atoms with Gasteiger partial charge < -0.3 is 15.4 Å². The maximum atomic E-state index is 12.7. The first-order valence-corrected chi connectivity index (χ1v) is 7.87. The van der Waals surface area contributed by atoms with Gasteiger partial charge in [-0.15, -0.1) is 0 Å². The molecule has 0 atom stereocenters. The first-order valence-electron chi connectivity index (χ1n) is 7.87. The molecule has 0 heterocycles. The standard InChI is InChI=1S/C17H26N2O2/c1-21-16-10-5-2-7-14(16)13-17(20)19(12-6-11-18)15-8-3-4-9-15/h2,5,7,10,15H,3-4,6,8-9,11-13,18H2,1H3. The first kappa shape index (κ1) is 15.8. The highest BCUT2D eigenvalue weighted by atomic mass is 16.5. The first-order chi connectivity index (χ1) is 10.3. The molecule has 4 heteroatoms. The van der Waals surface area contributed by atoms with Crippen LogP contribution in [-0.4, -0.2) is 37.0 Å². The molecule has 2 N–H and O–H groups in total. The number of nitrogens with zero attached hydrogens (tertiary/aromatic N) is 1. The van der Waals surface area contributed by atoms with Gasteiger partial charge in [-0.25, -0.2) is 0 Å². The third-order valence-corrected chi connectivity index (χ3v) is 4.22. The van der Waals surface area contributed by atoms with E-state index >= 15 is 0 Å². The topological polar surface area (TPSA) is 55.6 Å². The van der Waals surface area contributed by atoms with Gasteiger partial charge in [0.15, 0.2) is 0 Å². The molecule has 0 radical (unpaired) electrons. The highest BCUT2D eigenvalue weighted by molar-refractivity contribution is 5.79. The van der Waals surface area contributed by atoms with E-state index in [9.17, 15) is 4.79 Å². The van der Waals surface area contributed by atoms with Crippen LogP contribution in [0.1, 0.15) is 37.7 Å². The number of ether oxygens (including phenoxy) is 1. The summed E-state index contributed by atoms with van der Waals surface area (Å²) in [6.45, 7) is 1.40. The molecule has 4 nitrogen and oxygen atoms in total. The number of nitrogens with two attached hydrogens (primary N) is 1. The second-order valence-electron chi connectivity index (χ2n) is 5.66. The Labute approximate surface area is 127 Å². The van der Waals surface area contributed by atoms with Crippen molar-refractivity contribution >= 4 is 5.91 Å². The molecule has 21 heavy (non-hydrogen) atoms. The number of benzene rings is 1. The van der Waals surface area contributed by atoms with E-state index in [4.69, 9.17) is 10.5 Å². The minimum absolute atomic E-state index is 0.194. The van der Waals surface area contributed by atoms with Crippen molar-refractivity contribution in [3.63, 3.8) is 0 Å². The largest absolute Gasteiger partial charge is 0.496 e. The summed E-state index contributed by atoms with van der Waals surface area (Å²) in [6.07, 6.45) is 5.99. The lowest BCUT2D eigenvalue weighted by atomic mass is 10.1. The Morgan fingerprint density at radius 2 is 2.05 bits per heavy atom. The Hall–Kier alpha value is -1.55. The Kier molecular flexibility index (Phi) is 6.05. The van der Waals surface area contributed by atoms with Gasteiger partial charge in [0.1, 0.15) is 5.75 Å². The minimum atomic E-state index is 0.194. The van der Waals surface area contributed by atoms with E-state index in [1.54, 1.807) is 7.11 Å². The number of hydrogen-bond acceptors (Lipinski definition) is 3. The molecule has 0 unspecified atom stereocenters. The molecule has 0 spiro atoms. The van der Waals surface area contributed by atoms with Crippen LogP contribution in [0, 0.1) is 0 Å². The van der Waals surface area contributed by atoms with Crippen LogP contribution in [0.25, 0.3) is 0 Å². The van der Waals surface area contributed by atoms with Crippen molar-refractivity contribution in [2.75, 3.05) is 20.2 Å². The van der Waals surface area contributed by atoms with Gasteiger partial charge in [0.05, 0.1) is 13.5 Å². The number of carbonyl (C=O) groups is 1. The van der Waals surface area contributed by atoms with Gasteiger partial charge >= 0.3 is 0 Å². The zero-order valence-corrected chi connectivity index (χ0v) is 12.9. The summed E-state index contributed by atoms with van der Waals surface area (Å²) in [6, 6.07) is 8.15. The molecule has 1 fully saturated rings. The van der Waals surface area contributed by atoms with E-state index in [1.165, 1.54) is 12.8 Å². The Bertz CT molecular complexity index is 456. The van der Waals surface area contributed by atoms with Crippen LogP contribution < -0.4 is 10.5 Å². The highest BCUT2D eigenvalue weighted by Gasteiger charge is 2.26. The fourth-order valence-corrected chi connectivity index (χ4v) is 3.10. The molecule has 1 aromatic carbocycles. The molecule has 1 aliphatic carbocycles. The summed E-state index contributed by atoms with van der Waals surface area (Å²) in [5.74, 6) is 0.982. The number of amides is 1. The predicted molar refractivity (Wildman–Crippen MR) is 84.3 cm³/mol. The maximum Gasteiger partial charge on any atom is 0.227 e. The monoisotopic (exact) mass is 290 g/mol. The summed E-state index contributed by atoms with van der Waals surface area (Å²) < 4.78 is 5.34. The molecule has 0 aromatic heterocycles. The van der Waals surface area contributed by atoms with Crippen LogP contribution >= 0.6 is 0 Å². The van der Waals surface area contributed by atoms with Crippen LogP contribution in [0.2, 0.25) is 0 Å². The van der Waals surface area contributed by atoms with Crippen molar-refractivity contribution in [3.8, 4) is 5.75 Å². The van der Waals surface area contributed by atoms with Gasteiger partial charge in [-0.05, 0) is 31.9 Å². The molecular weight excluding hydrogens is 264 g/mol. The lowest BCUT2D eigenvalue weighted by Gasteiger charge is -2.29. The molecule has 1 saturated carbocycles. The van der Waals surface area contributed by atoms with Gasteiger partial charge in [-0.2, -0.15) is 0 Å². The average Bonchev–Trinajstić information content (AvgIpc) is 3.02. The number of hydrogen-bond donors (Lipinski definition) is 1. The highest BCUT2D eigenvalue weighted by Crippen LogP contribution is 2.25. The zero-order valence-electron chi connectivity index (χ0n) is 12.9. The molecule has 0 bridgehead atoms.